The van der Waals surface area contributed by atoms with Gasteiger partial charge in [0.05, 0.1) is 30.5 Å². The summed E-state index contributed by atoms with van der Waals surface area (Å²) in [5, 5.41) is 9.53. The number of rotatable bonds is 8. The standard InChI is InChI=1S/C22H32N6O2S/c1-17-25-20(16-31-17)15-27(3)22(23-2)24-14-18-5-4-6-19(13-18)26-21(29)7-8-28-9-11-30-12-10-28/h4-6,13,16H,7-12,14-15H2,1-3H3,(H,23,24)(H,26,29). The number of thiazole rings is 1. The van der Waals surface area contributed by atoms with Crippen LogP contribution in [0.3, 0.4) is 0 Å². The van der Waals surface area contributed by atoms with Crippen LogP contribution < -0.4 is 10.6 Å². The lowest BCUT2D eigenvalue weighted by atomic mass is 10.2. The Morgan fingerprint density at radius 2 is 2.16 bits per heavy atom. The number of ether oxygens (including phenoxy) is 1. The van der Waals surface area contributed by atoms with E-state index < -0.39 is 0 Å². The zero-order valence-electron chi connectivity index (χ0n) is 18.6. The van der Waals surface area contributed by atoms with Gasteiger partial charge >= 0.3 is 0 Å². The monoisotopic (exact) mass is 444 g/mol. The average Bonchev–Trinajstić information content (AvgIpc) is 3.18. The molecule has 1 amide bonds. The van der Waals surface area contributed by atoms with Gasteiger partial charge in [-0.3, -0.25) is 14.7 Å². The molecule has 2 N–H and O–H groups in total. The fourth-order valence-corrected chi connectivity index (χ4v) is 4.04. The Balaban J connectivity index is 1.46. The van der Waals surface area contributed by atoms with Crippen molar-refractivity contribution in [2.45, 2.75) is 26.4 Å². The van der Waals surface area contributed by atoms with Gasteiger partial charge in [0, 0.05) is 57.8 Å². The first kappa shape index (κ1) is 23.2. The van der Waals surface area contributed by atoms with Gasteiger partial charge in [-0.1, -0.05) is 12.1 Å². The number of aromatic nitrogens is 1. The third-order valence-electron chi connectivity index (χ3n) is 5.06. The van der Waals surface area contributed by atoms with E-state index in [1.165, 1.54) is 0 Å². The minimum Gasteiger partial charge on any atom is -0.379 e. The number of benzene rings is 1. The van der Waals surface area contributed by atoms with Gasteiger partial charge in [-0.25, -0.2) is 4.98 Å². The van der Waals surface area contributed by atoms with Crippen LogP contribution in [-0.2, 0) is 22.6 Å². The van der Waals surface area contributed by atoms with E-state index in [1.807, 2.05) is 43.1 Å². The van der Waals surface area contributed by atoms with Crippen molar-refractivity contribution in [1.82, 2.24) is 20.1 Å². The maximum atomic E-state index is 12.3. The number of aliphatic imine (C=N–C) groups is 1. The van der Waals surface area contributed by atoms with E-state index in [1.54, 1.807) is 18.4 Å². The summed E-state index contributed by atoms with van der Waals surface area (Å²) in [7, 11) is 3.77. The number of amides is 1. The molecule has 0 bridgehead atoms. The van der Waals surface area contributed by atoms with Gasteiger partial charge in [0.25, 0.3) is 0 Å². The fourth-order valence-electron chi connectivity index (χ4n) is 3.43. The second kappa shape index (κ2) is 11.8. The van der Waals surface area contributed by atoms with Crippen LogP contribution in [0.5, 0.6) is 0 Å². The molecule has 2 aromatic rings. The summed E-state index contributed by atoms with van der Waals surface area (Å²) in [6.45, 7) is 7.37. The molecule has 9 heteroatoms. The number of anilines is 1. The number of aryl methyl sites for hydroxylation is 1. The minimum atomic E-state index is 0.0331. The van der Waals surface area contributed by atoms with E-state index in [-0.39, 0.29) is 5.91 Å². The molecular formula is C22H32N6O2S. The van der Waals surface area contributed by atoms with Crippen LogP contribution in [0.4, 0.5) is 5.69 Å². The number of guanidine groups is 1. The molecule has 2 heterocycles. The van der Waals surface area contributed by atoms with E-state index in [0.29, 0.717) is 19.5 Å². The van der Waals surface area contributed by atoms with Gasteiger partial charge in [0.1, 0.15) is 0 Å². The number of nitrogens with zero attached hydrogens (tertiary/aromatic N) is 4. The molecule has 0 radical (unpaired) electrons. The van der Waals surface area contributed by atoms with Gasteiger partial charge in [-0.15, -0.1) is 11.3 Å². The predicted molar refractivity (Wildman–Crippen MR) is 125 cm³/mol. The molecule has 31 heavy (non-hydrogen) atoms. The topological polar surface area (TPSA) is 82.1 Å². The number of carbonyl (C=O) groups is 1. The van der Waals surface area contributed by atoms with E-state index in [4.69, 9.17) is 4.74 Å². The lowest BCUT2D eigenvalue weighted by Crippen LogP contribution is -2.38. The van der Waals surface area contributed by atoms with E-state index in [9.17, 15) is 4.79 Å². The SMILES string of the molecule is CN=C(NCc1cccc(NC(=O)CCN2CCOCC2)c1)N(C)Cc1csc(C)n1. The summed E-state index contributed by atoms with van der Waals surface area (Å²) in [6, 6.07) is 7.91. The molecule has 8 nitrogen and oxygen atoms in total. The summed E-state index contributed by atoms with van der Waals surface area (Å²) in [4.78, 5) is 25.5. The zero-order chi connectivity index (χ0) is 22.1. The maximum Gasteiger partial charge on any atom is 0.225 e. The first-order valence-corrected chi connectivity index (χ1v) is 11.4. The van der Waals surface area contributed by atoms with Crippen LogP contribution in [0, 0.1) is 6.92 Å². The number of morpholine rings is 1. The smallest absolute Gasteiger partial charge is 0.225 e. The first-order valence-electron chi connectivity index (χ1n) is 10.5. The average molecular weight is 445 g/mol. The normalized spacial score (nSPS) is 15.0. The Morgan fingerprint density at radius 1 is 1.35 bits per heavy atom. The summed E-state index contributed by atoms with van der Waals surface area (Å²) in [5.74, 6) is 0.830. The van der Waals surface area contributed by atoms with Crippen molar-refractivity contribution in [2.75, 3.05) is 52.3 Å². The van der Waals surface area contributed by atoms with Crippen molar-refractivity contribution in [3.8, 4) is 0 Å². The minimum absolute atomic E-state index is 0.0331. The van der Waals surface area contributed by atoms with Crippen LogP contribution >= 0.6 is 11.3 Å². The highest BCUT2D eigenvalue weighted by Crippen LogP contribution is 2.12. The van der Waals surface area contributed by atoms with Crippen molar-refractivity contribution >= 4 is 28.9 Å². The Kier molecular flexibility index (Phi) is 8.81. The highest BCUT2D eigenvalue weighted by molar-refractivity contribution is 7.09. The quantitative estimate of drug-likeness (QED) is 0.480. The Bertz CT molecular complexity index is 878. The molecule has 3 rings (SSSR count). The third kappa shape index (κ3) is 7.61. The van der Waals surface area contributed by atoms with Crippen molar-refractivity contribution in [3.63, 3.8) is 0 Å². The largest absolute Gasteiger partial charge is 0.379 e. The molecule has 1 aliphatic rings. The third-order valence-corrected chi connectivity index (χ3v) is 5.88. The molecule has 1 saturated heterocycles. The molecule has 1 aromatic carbocycles. The highest BCUT2D eigenvalue weighted by Gasteiger charge is 2.12. The van der Waals surface area contributed by atoms with E-state index >= 15 is 0 Å². The number of carbonyl (C=O) groups excluding carboxylic acids is 1. The Morgan fingerprint density at radius 3 is 2.87 bits per heavy atom. The Hall–Kier alpha value is -2.49. The molecule has 168 valence electrons. The highest BCUT2D eigenvalue weighted by atomic mass is 32.1. The molecule has 0 unspecified atom stereocenters. The molecule has 1 aliphatic heterocycles. The van der Waals surface area contributed by atoms with Crippen LogP contribution in [0.2, 0.25) is 0 Å². The van der Waals surface area contributed by atoms with Crippen LogP contribution in [0.25, 0.3) is 0 Å². The van der Waals surface area contributed by atoms with Crippen LogP contribution in [-0.4, -0.2) is 73.6 Å². The van der Waals surface area contributed by atoms with Gasteiger partial charge < -0.3 is 20.3 Å². The van der Waals surface area contributed by atoms with E-state index in [2.05, 4.69) is 30.9 Å². The van der Waals surface area contributed by atoms with Gasteiger partial charge in [0.2, 0.25) is 5.91 Å². The molecule has 0 saturated carbocycles. The lowest BCUT2D eigenvalue weighted by molar-refractivity contribution is -0.116. The molecule has 0 aliphatic carbocycles. The molecule has 0 atom stereocenters. The molecule has 0 spiro atoms. The second-order valence-corrected chi connectivity index (χ2v) is 8.63. The maximum absolute atomic E-state index is 12.3. The van der Waals surface area contributed by atoms with Gasteiger partial charge in [0.15, 0.2) is 5.96 Å². The summed E-state index contributed by atoms with van der Waals surface area (Å²) >= 11 is 1.65. The second-order valence-electron chi connectivity index (χ2n) is 7.57. The van der Waals surface area contributed by atoms with Crippen molar-refractivity contribution in [1.29, 1.82) is 0 Å². The molecule has 1 aromatic heterocycles. The predicted octanol–water partition coefficient (Wildman–Crippen LogP) is 2.32. The summed E-state index contributed by atoms with van der Waals surface area (Å²) < 4.78 is 5.35. The number of hydrogen-bond donors (Lipinski definition) is 2. The number of hydrogen-bond acceptors (Lipinski definition) is 6. The van der Waals surface area contributed by atoms with Gasteiger partial charge in [-0.2, -0.15) is 0 Å². The lowest BCUT2D eigenvalue weighted by Gasteiger charge is -2.26. The van der Waals surface area contributed by atoms with Gasteiger partial charge in [-0.05, 0) is 24.6 Å². The van der Waals surface area contributed by atoms with Crippen molar-refractivity contribution < 1.29 is 9.53 Å². The first-order chi connectivity index (χ1) is 15.0. The van der Waals surface area contributed by atoms with Crippen molar-refractivity contribution in [3.05, 3.63) is 45.9 Å². The van der Waals surface area contributed by atoms with Crippen molar-refractivity contribution in [2.24, 2.45) is 4.99 Å². The fraction of sp³-hybridized carbons (Fsp3) is 0.500. The van der Waals surface area contributed by atoms with Crippen LogP contribution in [0.15, 0.2) is 34.6 Å². The number of nitrogens with one attached hydrogen (secondary N) is 2. The molecular weight excluding hydrogens is 412 g/mol. The zero-order valence-corrected chi connectivity index (χ0v) is 19.4. The molecule has 1 fully saturated rings. The Labute approximate surface area is 188 Å². The summed E-state index contributed by atoms with van der Waals surface area (Å²) in [6.07, 6.45) is 0.482. The van der Waals surface area contributed by atoms with Crippen LogP contribution in [0.1, 0.15) is 22.7 Å². The van der Waals surface area contributed by atoms with E-state index in [0.717, 1.165) is 60.8 Å². The summed E-state index contributed by atoms with van der Waals surface area (Å²) in [5.41, 5.74) is 2.92.